The SMILES string of the molecule is c1ccc(N(c2ccccc2)c2ccc([Si]3(c4ccc5sc6ccccc6c5c4)c4ccccc4-c4c3ccc3c4Sc4ccccc4S3)cc2)cc1. The Hall–Kier alpha value is -5.30. The van der Waals surface area contributed by atoms with Crippen molar-refractivity contribution in [2.45, 2.75) is 19.6 Å². The lowest BCUT2D eigenvalue weighted by atomic mass is 10.1. The molecule has 0 spiro atoms. The van der Waals surface area contributed by atoms with Crippen molar-refractivity contribution in [3.8, 4) is 11.1 Å². The molecule has 2 aliphatic heterocycles. The van der Waals surface area contributed by atoms with Crippen molar-refractivity contribution in [3.63, 3.8) is 0 Å². The average molecular weight is 746 g/mol. The van der Waals surface area contributed by atoms with Gasteiger partial charge in [-0.1, -0.05) is 145 Å². The average Bonchev–Trinajstić information content (AvgIpc) is 3.75. The number of benzene rings is 8. The molecule has 11 rings (SSSR count). The maximum absolute atomic E-state index is 2.81. The van der Waals surface area contributed by atoms with E-state index < -0.39 is 8.07 Å². The van der Waals surface area contributed by atoms with Gasteiger partial charge in [-0.25, -0.2) is 0 Å². The molecule has 5 heteroatoms. The normalized spacial score (nSPS) is 15.5. The first-order valence-electron chi connectivity index (χ1n) is 17.9. The summed E-state index contributed by atoms with van der Waals surface area (Å²) in [5, 5.41) is 8.50. The van der Waals surface area contributed by atoms with Crippen molar-refractivity contribution in [3.05, 3.63) is 188 Å². The summed E-state index contributed by atoms with van der Waals surface area (Å²) in [6, 6.07) is 70.4. The van der Waals surface area contributed by atoms with Gasteiger partial charge in [0.2, 0.25) is 0 Å². The molecule has 0 amide bonds. The molecular weight excluding hydrogens is 715 g/mol. The summed E-state index contributed by atoms with van der Waals surface area (Å²) in [5.74, 6) is 0. The van der Waals surface area contributed by atoms with E-state index >= 15 is 0 Å². The highest BCUT2D eigenvalue weighted by Crippen LogP contribution is 2.52. The van der Waals surface area contributed by atoms with Gasteiger partial charge in [-0.2, -0.15) is 0 Å². The molecule has 0 N–H and O–H groups in total. The quantitative estimate of drug-likeness (QED) is 0.162. The second-order valence-corrected chi connectivity index (χ2v) is 20.6. The van der Waals surface area contributed by atoms with Gasteiger partial charge in [-0.15, -0.1) is 11.3 Å². The highest BCUT2D eigenvalue weighted by atomic mass is 32.2. The second-order valence-electron chi connectivity index (χ2n) is 13.6. The highest BCUT2D eigenvalue weighted by Gasteiger charge is 2.50. The lowest BCUT2D eigenvalue weighted by molar-refractivity contribution is 1.17. The number of nitrogens with zero attached hydrogens (tertiary/aromatic N) is 1. The fraction of sp³-hybridized carbons (Fsp3) is 0. The summed E-state index contributed by atoms with van der Waals surface area (Å²) in [6.07, 6.45) is 0. The standard InChI is InChI=1S/C48H31NS3Si/c1-3-13-32(14-4-1)49(33-15-5-2-6-16-33)34-23-25-35(26-24-34)53(36-27-28-41-39(31-36)37-17-7-9-19-40(37)50-41)45-22-12-8-18-38(45)47-46(53)30-29-44-48(47)52-43-21-11-10-20-42(43)51-44/h1-31H. The van der Waals surface area contributed by atoms with E-state index in [9.17, 15) is 0 Å². The van der Waals surface area contributed by atoms with Gasteiger partial charge < -0.3 is 4.90 Å². The number of anilines is 3. The van der Waals surface area contributed by atoms with Crippen LogP contribution in [0.2, 0.25) is 0 Å². The molecule has 9 aromatic rings. The summed E-state index contributed by atoms with van der Waals surface area (Å²) in [7, 11) is -2.81. The lowest BCUT2D eigenvalue weighted by Gasteiger charge is -2.33. The molecule has 1 aromatic heterocycles. The van der Waals surface area contributed by atoms with Gasteiger partial charge in [-0.05, 0) is 98.6 Å². The predicted molar refractivity (Wildman–Crippen MR) is 231 cm³/mol. The van der Waals surface area contributed by atoms with Crippen LogP contribution < -0.4 is 25.6 Å². The van der Waals surface area contributed by atoms with Crippen molar-refractivity contribution >= 4 is 101 Å². The minimum absolute atomic E-state index is 1.14. The fourth-order valence-electron chi connectivity index (χ4n) is 8.56. The molecule has 1 nitrogen and oxygen atoms in total. The maximum atomic E-state index is 2.55. The summed E-state index contributed by atoms with van der Waals surface area (Å²) in [4.78, 5) is 7.79. The minimum Gasteiger partial charge on any atom is -0.311 e. The monoisotopic (exact) mass is 745 g/mol. The van der Waals surface area contributed by atoms with Crippen LogP contribution in [0.1, 0.15) is 0 Å². The summed E-state index contributed by atoms with van der Waals surface area (Å²) in [6.45, 7) is 0. The number of hydrogen-bond acceptors (Lipinski definition) is 4. The first-order valence-corrected chi connectivity index (χ1v) is 22.4. The molecule has 53 heavy (non-hydrogen) atoms. The largest absolute Gasteiger partial charge is 0.311 e. The number of thiophene rings is 1. The molecule has 0 aliphatic carbocycles. The van der Waals surface area contributed by atoms with Gasteiger partial charge in [0.05, 0.1) is 0 Å². The lowest BCUT2D eigenvalue weighted by Crippen LogP contribution is -2.72. The van der Waals surface area contributed by atoms with Crippen LogP contribution in [0.25, 0.3) is 31.3 Å². The minimum atomic E-state index is -2.81. The molecule has 0 radical (unpaired) electrons. The molecule has 3 heterocycles. The van der Waals surface area contributed by atoms with Crippen LogP contribution in [0.5, 0.6) is 0 Å². The van der Waals surface area contributed by atoms with Gasteiger partial charge >= 0.3 is 0 Å². The van der Waals surface area contributed by atoms with Crippen molar-refractivity contribution < 1.29 is 0 Å². The summed E-state index contributed by atoms with van der Waals surface area (Å²) >= 11 is 5.75. The molecule has 0 bridgehead atoms. The first kappa shape index (κ1) is 31.2. The van der Waals surface area contributed by atoms with Crippen molar-refractivity contribution in [2.24, 2.45) is 0 Å². The topological polar surface area (TPSA) is 3.24 Å². The summed E-state index contributed by atoms with van der Waals surface area (Å²) < 4.78 is 2.69. The van der Waals surface area contributed by atoms with Crippen LogP contribution in [0.15, 0.2) is 208 Å². The van der Waals surface area contributed by atoms with Crippen molar-refractivity contribution in [2.75, 3.05) is 4.90 Å². The smallest absolute Gasteiger partial charge is 0.180 e. The molecular formula is C48H31NS3Si. The number of hydrogen-bond donors (Lipinski definition) is 0. The molecule has 2 aliphatic rings. The van der Waals surface area contributed by atoms with E-state index in [0.29, 0.717) is 0 Å². The Kier molecular flexibility index (Phi) is 7.31. The van der Waals surface area contributed by atoms with Gasteiger partial charge in [0.1, 0.15) is 0 Å². The third-order valence-corrected chi connectivity index (χ3v) is 19.4. The van der Waals surface area contributed by atoms with Gasteiger partial charge in [0, 0.05) is 56.8 Å². The fourth-order valence-corrected chi connectivity index (χ4v) is 17.3. The zero-order chi connectivity index (χ0) is 34.9. The van der Waals surface area contributed by atoms with E-state index in [1.165, 1.54) is 71.6 Å². The number of para-hydroxylation sites is 2. The van der Waals surface area contributed by atoms with Crippen LogP contribution >= 0.6 is 34.9 Å². The molecule has 0 saturated carbocycles. The van der Waals surface area contributed by atoms with E-state index in [4.69, 9.17) is 0 Å². The third kappa shape index (κ3) is 4.78. The Morgan fingerprint density at radius 2 is 1.00 bits per heavy atom. The Bertz CT molecular complexity index is 2810. The Morgan fingerprint density at radius 3 is 1.77 bits per heavy atom. The summed E-state index contributed by atoms with van der Waals surface area (Å²) in [5.41, 5.74) is 6.24. The zero-order valence-electron chi connectivity index (χ0n) is 28.6. The van der Waals surface area contributed by atoms with Crippen LogP contribution in [-0.2, 0) is 0 Å². The van der Waals surface area contributed by atoms with Crippen LogP contribution in [-0.4, -0.2) is 8.07 Å². The first-order chi connectivity index (χ1) is 26.3. The van der Waals surface area contributed by atoms with E-state index in [1.807, 2.05) is 34.9 Å². The molecule has 1 unspecified atom stereocenters. The van der Waals surface area contributed by atoms with Crippen molar-refractivity contribution in [1.29, 1.82) is 0 Å². The Labute approximate surface area is 322 Å². The molecule has 1 atom stereocenters. The Morgan fingerprint density at radius 1 is 0.396 bits per heavy atom. The number of fused-ring (bicyclic) bond motifs is 9. The van der Waals surface area contributed by atoms with Gasteiger partial charge in [0.25, 0.3) is 0 Å². The van der Waals surface area contributed by atoms with Crippen LogP contribution in [0.4, 0.5) is 17.1 Å². The molecule has 0 fully saturated rings. The van der Waals surface area contributed by atoms with Gasteiger partial charge in [-0.3, -0.25) is 0 Å². The molecule has 0 saturated heterocycles. The van der Waals surface area contributed by atoms with Gasteiger partial charge in [0.15, 0.2) is 8.07 Å². The Balaban J connectivity index is 1.18. The molecule has 8 aromatic carbocycles. The van der Waals surface area contributed by atoms with E-state index in [1.54, 1.807) is 0 Å². The molecule has 250 valence electrons. The van der Waals surface area contributed by atoms with Crippen molar-refractivity contribution in [1.82, 2.24) is 0 Å². The van der Waals surface area contributed by atoms with Crippen LogP contribution in [0, 0.1) is 0 Å². The van der Waals surface area contributed by atoms with E-state index in [-0.39, 0.29) is 0 Å². The maximum Gasteiger partial charge on any atom is 0.180 e. The van der Waals surface area contributed by atoms with E-state index in [0.717, 1.165) is 17.1 Å². The second kappa shape index (κ2) is 12.4. The number of rotatable bonds is 5. The third-order valence-electron chi connectivity index (χ3n) is 10.8. The highest BCUT2D eigenvalue weighted by molar-refractivity contribution is 8.05. The van der Waals surface area contributed by atoms with E-state index in [2.05, 4.69) is 193 Å². The van der Waals surface area contributed by atoms with Crippen LogP contribution in [0.3, 0.4) is 0 Å². The predicted octanol–water partition coefficient (Wildman–Crippen LogP) is 11.5. The zero-order valence-corrected chi connectivity index (χ0v) is 32.0.